The van der Waals surface area contributed by atoms with Crippen LogP contribution in [0.2, 0.25) is 0 Å². The topological polar surface area (TPSA) is 37.3 Å². The first-order chi connectivity index (χ1) is 15.2. The number of phenolic OH excluding ortho intramolecular Hbond substituents is 1. The first kappa shape index (κ1) is 19.1. The SMILES string of the molecule is O=C1C=CC(=CC(Cc2ccc(O)cc2)c2cccc3cc4ccccc4cc23)C=C1. The summed E-state index contributed by atoms with van der Waals surface area (Å²) in [5, 5.41) is 14.6. The Kier molecular flexibility index (Phi) is 4.97. The quantitative estimate of drug-likeness (QED) is 0.388. The third-order valence-corrected chi connectivity index (χ3v) is 5.85. The maximum atomic E-state index is 11.6. The van der Waals surface area contributed by atoms with Crippen molar-refractivity contribution in [3.8, 4) is 5.75 Å². The van der Waals surface area contributed by atoms with Gasteiger partial charge >= 0.3 is 0 Å². The Labute approximate surface area is 181 Å². The highest BCUT2D eigenvalue weighted by Crippen LogP contribution is 2.33. The fraction of sp³-hybridized carbons (Fsp3) is 0.0690. The van der Waals surface area contributed by atoms with Crippen molar-refractivity contribution in [3.63, 3.8) is 0 Å². The molecular formula is C29H22O2. The van der Waals surface area contributed by atoms with Crippen LogP contribution in [0.1, 0.15) is 17.0 Å². The molecule has 1 atom stereocenters. The first-order valence-corrected chi connectivity index (χ1v) is 10.5. The molecule has 0 heterocycles. The van der Waals surface area contributed by atoms with Crippen LogP contribution in [0.3, 0.4) is 0 Å². The summed E-state index contributed by atoms with van der Waals surface area (Å²) in [5.74, 6) is 0.405. The van der Waals surface area contributed by atoms with Gasteiger partial charge in [-0.05, 0) is 81.1 Å². The predicted octanol–water partition coefficient (Wildman–Crippen LogP) is 6.65. The number of ketones is 1. The van der Waals surface area contributed by atoms with Crippen LogP contribution in [0.4, 0.5) is 0 Å². The molecule has 0 saturated heterocycles. The highest BCUT2D eigenvalue weighted by Gasteiger charge is 2.15. The van der Waals surface area contributed by atoms with Gasteiger partial charge in [0.1, 0.15) is 5.75 Å². The van der Waals surface area contributed by atoms with Gasteiger partial charge in [0.05, 0.1) is 0 Å². The Morgan fingerprint density at radius 2 is 1.42 bits per heavy atom. The van der Waals surface area contributed by atoms with Gasteiger partial charge in [0.25, 0.3) is 0 Å². The van der Waals surface area contributed by atoms with Gasteiger partial charge in [-0.15, -0.1) is 0 Å². The zero-order valence-electron chi connectivity index (χ0n) is 17.0. The molecule has 0 bridgehead atoms. The molecule has 1 aliphatic carbocycles. The Morgan fingerprint density at radius 1 is 0.742 bits per heavy atom. The van der Waals surface area contributed by atoms with E-state index in [1.807, 2.05) is 24.3 Å². The molecule has 1 N–H and O–H groups in total. The lowest BCUT2D eigenvalue weighted by Crippen LogP contribution is -2.03. The van der Waals surface area contributed by atoms with Crippen molar-refractivity contribution in [1.29, 1.82) is 0 Å². The van der Waals surface area contributed by atoms with Gasteiger partial charge < -0.3 is 5.11 Å². The third-order valence-electron chi connectivity index (χ3n) is 5.85. The second-order valence-corrected chi connectivity index (χ2v) is 7.98. The molecule has 0 fully saturated rings. The summed E-state index contributed by atoms with van der Waals surface area (Å²) in [7, 11) is 0. The van der Waals surface area contributed by atoms with Crippen molar-refractivity contribution >= 4 is 27.3 Å². The van der Waals surface area contributed by atoms with Crippen LogP contribution in [0, 0.1) is 0 Å². The summed E-state index contributed by atoms with van der Waals surface area (Å²) in [5.41, 5.74) is 3.43. The zero-order valence-corrected chi connectivity index (χ0v) is 17.0. The van der Waals surface area contributed by atoms with Crippen molar-refractivity contribution in [3.05, 3.63) is 126 Å². The number of rotatable bonds is 4. The van der Waals surface area contributed by atoms with Crippen molar-refractivity contribution < 1.29 is 9.90 Å². The molecule has 0 spiro atoms. The molecule has 0 radical (unpaired) electrons. The van der Waals surface area contributed by atoms with E-state index < -0.39 is 0 Å². The molecule has 1 unspecified atom stereocenters. The summed E-state index contributed by atoms with van der Waals surface area (Å²) >= 11 is 0. The van der Waals surface area contributed by atoms with Crippen molar-refractivity contribution in [1.82, 2.24) is 0 Å². The number of phenols is 1. The van der Waals surface area contributed by atoms with Gasteiger partial charge in [0.15, 0.2) is 5.78 Å². The molecule has 5 rings (SSSR count). The normalized spacial score (nSPS) is 14.3. The number of carbonyl (C=O) groups excluding carboxylic acids is 1. The van der Waals surface area contributed by atoms with Crippen molar-refractivity contribution in [2.24, 2.45) is 0 Å². The van der Waals surface area contributed by atoms with Crippen LogP contribution in [-0.4, -0.2) is 10.9 Å². The van der Waals surface area contributed by atoms with E-state index in [9.17, 15) is 9.90 Å². The maximum absolute atomic E-state index is 11.6. The predicted molar refractivity (Wildman–Crippen MR) is 127 cm³/mol. The van der Waals surface area contributed by atoms with Gasteiger partial charge in [-0.1, -0.05) is 72.8 Å². The molecule has 0 aliphatic heterocycles. The van der Waals surface area contributed by atoms with Gasteiger partial charge in [0, 0.05) is 5.92 Å². The molecule has 0 amide bonds. The Bertz CT molecular complexity index is 1350. The minimum absolute atomic E-state index is 0.0175. The highest BCUT2D eigenvalue weighted by atomic mass is 16.3. The largest absolute Gasteiger partial charge is 0.508 e. The van der Waals surface area contributed by atoms with E-state index >= 15 is 0 Å². The van der Waals surface area contributed by atoms with Crippen molar-refractivity contribution in [2.75, 3.05) is 0 Å². The molecular weight excluding hydrogens is 380 g/mol. The lowest BCUT2D eigenvalue weighted by Gasteiger charge is -2.18. The molecule has 150 valence electrons. The summed E-state index contributed by atoms with van der Waals surface area (Å²) in [6.07, 6.45) is 10.0. The number of allylic oxidation sites excluding steroid dienone is 6. The minimum atomic E-state index is 0.0175. The summed E-state index contributed by atoms with van der Waals surface area (Å²) < 4.78 is 0. The third kappa shape index (κ3) is 4.06. The first-order valence-electron chi connectivity index (χ1n) is 10.5. The van der Waals surface area contributed by atoms with Crippen LogP contribution in [0.5, 0.6) is 5.75 Å². The molecule has 4 aromatic rings. The van der Waals surface area contributed by atoms with Gasteiger partial charge in [0.2, 0.25) is 0 Å². The lowest BCUT2D eigenvalue weighted by molar-refractivity contribution is -0.110. The average molecular weight is 402 g/mol. The average Bonchev–Trinajstić information content (AvgIpc) is 2.80. The maximum Gasteiger partial charge on any atom is 0.178 e. The highest BCUT2D eigenvalue weighted by molar-refractivity contribution is 6.01. The van der Waals surface area contributed by atoms with Crippen LogP contribution in [0.15, 0.2) is 115 Å². The molecule has 2 heteroatoms. The minimum Gasteiger partial charge on any atom is -0.508 e. The second kappa shape index (κ2) is 8.08. The van der Waals surface area contributed by atoms with E-state index in [1.54, 1.807) is 24.3 Å². The lowest BCUT2D eigenvalue weighted by atomic mass is 9.86. The molecule has 0 aromatic heterocycles. The number of aromatic hydroxyl groups is 1. The second-order valence-electron chi connectivity index (χ2n) is 7.98. The van der Waals surface area contributed by atoms with E-state index in [1.165, 1.54) is 27.1 Å². The number of hydrogen-bond acceptors (Lipinski definition) is 2. The molecule has 2 nitrogen and oxygen atoms in total. The van der Waals surface area contributed by atoms with E-state index in [-0.39, 0.29) is 17.5 Å². The zero-order chi connectivity index (χ0) is 21.2. The fourth-order valence-electron chi connectivity index (χ4n) is 4.27. The molecule has 1 aliphatic rings. The Balaban J connectivity index is 1.65. The molecule has 31 heavy (non-hydrogen) atoms. The smallest absolute Gasteiger partial charge is 0.178 e. The fourth-order valence-corrected chi connectivity index (χ4v) is 4.27. The van der Waals surface area contributed by atoms with Crippen molar-refractivity contribution in [2.45, 2.75) is 12.3 Å². The number of fused-ring (bicyclic) bond motifs is 2. The number of carbonyl (C=O) groups is 1. The van der Waals surface area contributed by atoms with Gasteiger partial charge in [-0.3, -0.25) is 4.79 Å². The summed E-state index contributed by atoms with van der Waals surface area (Å²) in [6, 6.07) is 26.8. The number of benzene rings is 4. The molecule has 4 aromatic carbocycles. The Morgan fingerprint density at radius 3 is 2.16 bits per heavy atom. The number of hydrogen-bond donors (Lipinski definition) is 1. The van der Waals surface area contributed by atoms with Crippen LogP contribution < -0.4 is 0 Å². The van der Waals surface area contributed by atoms with E-state index in [4.69, 9.17) is 0 Å². The van der Waals surface area contributed by atoms with E-state index in [0.29, 0.717) is 0 Å². The van der Waals surface area contributed by atoms with Crippen LogP contribution in [0.25, 0.3) is 21.5 Å². The standard InChI is InChI=1S/C29H22O2/c30-26-12-8-20(9-13-26)16-25(17-21-10-14-27(31)15-11-21)28-7-3-6-24-18-22-4-1-2-5-23(22)19-29(24)28/h1-16,18-19,25,31H,17H2. The summed E-state index contributed by atoms with van der Waals surface area (Å²) in [4.78, 5) is 11.6. The molecule has 0 saturated carbocycles. The Hall–Kier alpha value is -3.91. The van der Waals surface area contributed by atoms with Gasteiger partial charge in [-0.25, -0.2) is 0 Å². The van der Waals surface area contributed by atoms with E-state index in [2.05, 4.69) is 60.7 Å². The van der Waals surface area contributed by atoms with Crippen LogP contribution >= 0.6 is 0 Å². The summed E-state index contributed by atoms with van der Waals surface area (Å²) in [6.45, 7) is 0. The monoisotopic (exact) mass is 402 g/mol. The van der Waals surface area contributed by atoms with Crippen LogP contribution in [-0.2, 0) is 11.2 Å². The van der Waals surface area contributed by atoms with Gasteiger partial charge in [-0.2, -0.15) is 0 Å². The van der Waals surface area contributed by atoms with E-state index in [0.717, 1.165) is 17.6 Å².